The minimum absolute atomic E-state index is 0.156. The number of pyridine rings is 1. The van der Waals surface area contributed by atoms with E-state index in [-0.39, 0.29) is 18.9 Å². The molecule has 2 aliphatic heterocycles. The SMILES string of the molecule is S=C1N[C@H](c2ccccn2)[C@@H](c2cccn2-c2cccc(Cl)c2)N1c1ccc2c(c1)OCO2. The van der Waals surface area contributed by atoms with Crippen molar-refractivity contribution in [2.24, 2.45) is 0 Å². The van der Waals surface area contributed by atoms with Crippen LogP contribution in [0.5, 0.6) is 11.5 Å². The molecule has 1 saturated heterocycles. The zero-order valence-electron chi connectivity index (χ0n) is 17.4. The number of benzene rings is 2. The Bertz CT molecular complexity index is 1340. The normalized spacial score (nSPS) is 19.1. The van der Waals surface area contributed by atoms with Crippen LogP contribution in [-0.4, -0.2) is 21.5 Å². The van der Waals surface area contributed by atoms with Crippen LogP contribution in [-0.2, 0) is 0 Å². The van der Waals surface area contributed by atoms with Crippen LogP contribution in [0.4, 0.5) is 5.69 Å². The van der Waals surface area contributed by atoms with E-state index in [9.17, 15) is 0 Å². The van der Waals surface area contributed by atoms with E-state index in [0.29, 0.717) is 15.9 Å². The van der Waals surface area contributed by atoms with Gasteiger partial charge in [0.25, 0.3) is 0 Å². The highest BCUT2D eigenvalue weighted by Gasteiger charge is 2.42. The van der Waals surface area contributed by atoms with Gasteiger partial charge in [0.05, 0.1) is 11.7 Å². The standard InChI is InChI=1S/C25H19ClN4O2S/c26-16-5-3-6-17(13-16)29-12-4-8-20(29)24-23(19-7-1-2-11-27-19)28-25(33)30(24)18-9-10-21-22(14-18)32-15-31-21/h1-14,23-24H,15H2,(H,28,33)/t23-,24-/m1/s1. The van der Waals surface area contributed by atoms with E-state index in [1.54, 1.807) is 6.20 Å². The molecule has 2 atom stereocenters. The second-order valence-electron chi connectivity index (χ2n) is 7.82. The van der Waals surface area contributed by atoms with E-state index in [2.05, 4.69) is 25.8 Å². The van der Waals surface area contributed by atoms with Gasteiger partial charge in [-0.15, -0.1) is 0 Å². The summed E-state index contributed by atoms with van der Waals surface area (Å²) in [4.78, 5) is 6.75. The lowest BCUT2D eigenvalue weighted by Gasteiger charge is -2.29. The van der Waals surface area contributed by atoms with Crippen molar-refractivity contribution in [1.29, 1.82) is 0 Å². The predicted molar refractivity (Wildman–Crippen MR) is 131 cm³/mol. The second-order valence-corrected chi connectivity index (χ2v) is 8.64. The molecule has 1 N–H and O–H groups in total. The Kier molecular flexibility index (Phi) is 4.93. The number of aromatic nitrogens is 2. The van der Waals surface area contributed by atoms with Gasteiger partial charge in [-0.25, -0.2) is 0 Å². The molecule has 0 radical (unpaired) electrons. The lowest BCUT2D eigenvalue weighted by atomic mass is 10.0. The Balaban J connectivity index is 1.51. The van der Waals surface area contributed by atoms with E-state index in [4.69, 9.17) is 33.3 Å². The first-order valence-corrected chi connectivity index (χ1v) is 11.3. The Hall–Kier alpha value is -3.55. The minimum atomic E-state index is -0.165. The van der Waals surface area contributed by atoms with Gasteiger partial charge in [0, 0.05) is 40.6 Å². The number of hydrogen-bond donors (Lipinski definition) is 1. The van der Waals surface area contributed by atoms with Crippen LogP contribution >= 0.6 is 23.8 Å². The monoisotopic (exact) mass is 474 g/mol. The topological polar surface area (TPSA) is 51.6 Å². The summed E-state index contributed by atoms with van der Waals surface area (Å²) < 4.78 is 13.3. The van der Waals surface area contributed by atoms with Gasteiger partial charge >= 0.3 is 0 Å². The first-order chi connectivity index (χ1) is 16.2. The molecule has 0 saturated carbocycles. The van der Waals surface area contributed by atoms with Crippen LogP contribution in [0.15, 0.2) is 85.2 Å². The fourth-order valence-corrected chi connectivity index (χ4v) is 5.00. The molecule has 2 aromatic carbocycles. The maximum atomic E-state index is 6.31. The molecular weight excluding hydrogens is 456 g/mol. The number of nitrogens with zero attached hydrogens (tertiary/aromatic N) is 3. The molecule has 2 aliphatic rings. The van der Waals surface area contributed by atoms with Crippen LogP contribution in [0.25, 0.3) is 5.69 Å². The number of rotatable bonds is 4. The highest BCUT2D eigenvalue weighted by atomic mass is 35.5. The van der Waals surface area contributed by atoms with Gasteiger partial charge in [0.1, 0.15) is 6.04 Å². The van der Waals surface area contributed by atoms with Crippen molar-refractivity contribution in [3.63, 3.8) is 0 Å². The maximum Gasteiger partial charge on any atom is 0.231 e. The summed E-state index contributed by atoms with van der Waals surface area (Å²) in [7, 11) is 0. The maximum absolute atomic E-state index is 6.31. The largest absolute Gasteiger partial charge is 0.454 e. The van der Waals surface area contributed by atoms with Crippen molar-refractivity contribution < 1.29 is 9.47 Å². The van der Waals surface area contributed by atoms with E-state index in [1.807, 2.05) is 72.9 Å². The van der Waals surface area contributed by atoms with Crippen LogP contribution in [0.1, 0.15) is 23.5 Å². The zero-order valence-corrected chi connectivity index (χ0v) is 19.0. The van der Waals surface area contributed by atoms with E-state index in [1.165, 1.54) is 0 Å². The molecule has 6 rings (SSSR count). The quantitative estimate of drug-likeness (QED) is 0.398. The fourth-order valence-electron chi connectivity index (χ4n) is 4.46. The number of fused-ring (bicyclic) bond motifs is 1. The van der Waals surface area contributed by atoms with Gasteiger partial charge in [-0.3, -0.25) is 4.98 Å². The van der Waals surface area contributed by atoms with Crippen molar-refractivity contribution in [2.75, 3.05) is 11.7 Å². The van der Waals surface area contributed by atoms with Crippen molar-refractivity contribution >= 4 is 34.6 Å². The second kappa shape index (κ2) is 8.10. The van der Waals surface area contributed by atoms with Gasteiger partial charge in [0.15, 0.2) is 16.6 Å². The summed E-state index contributed by atoms with van der Waals surface area (Å²) >= 11 is 12.2. The number of halogens is 1. The molecule has 0 unspecified atom stereocenters. The van der Waals surface area contributed by atoms with E-state index < -0.39 is 0 Å². The fraction of sp³-hybridized carbons (Fsp3) is 0.120. The lowest BCUT2D eigenvalue weighted by Crippen LogP contribution is -2.30. The Morgan fingerprint density at radius 1 is 0.939 bits per heavy atom. The number of ether oxygens (including phenoxy) is 2. The van der Waals surface area contributed by atoms with Crippen molar-refractivity contribution in [3.8, 4) is 17.2 Å². The Morgan fingerprint density at radius 2 is 1.85 bits per heavy atom. The van der Waals surface area contributed by atoms with Gasteiger partial charge in [-0.1, -0.05) is 23.7 Å². The molecule has 164 valence electrons. The Morgan fingerprint density at radius 3 is 2.70 bits per heavy atom. The minimum Gasteiger partial charge on any atom is -0.454 e. The summed E-state index contributed by atoms with van der Waals surface area (Å²) in [6.45, 7) is 0.221. The number of nitrogens with one attached hydrogen (secondary N) is 1. The summed E-state index contributed by atoms with van der Waals surface area (Å²) in [6, 6.07) is 23.4. The summed E-state index contributed by atoms with van der Waals surface area (Å²) in [6.07, 6.45) is 3.84. The molecule has 0 bridgehead atoms. The van der Waals surface area contributed by atoms with Gasteiger partial charge < -0.3 is 24.3 Å². The van der Waals surface area contributed by atoms with Gasteiger partial charge in [-0.05, 0) is 66.8 Å². The highest BCUT2D eigenvalue weighted by Crippen LogP contribution is 2.44. The third-order valence-electron chi connectivity index (χ3n) is 5.90. The first-order valence-electron chi connectivity index (χ1n) is 10.5. The van der Waals surface area contributed by atoms with Gasteiger partial charge in [0.2, 0.25) is 6.79 Å². The Labute approximate surface area is 201 Å². The molecule has 4 heterocycles. The average Bonchev–Trinajstić information content (AvgIpc) is 3.57. The molecule has 33 heavy (non-hydrogen) atoms. The zero-order chi connectivity index (χ0) is 22.4. The van der Waals surface area contributed by atoms with E-state index in [0.717, 1.165) is 28.5 Å². The average molecular weight is 475 g/mol. The number of hydrogen-bond acceptors (Lipinski definition) is 4. The van der Waals surface area contributed by atoms with Crippen LogP contribution in [0.2, 0.25) is 5.02 Å². The molecule has 1 fully saturated rings. The van der Waals surface area contributed by atoms with Crippen LogP contribution < -0.4 is 19.7 Å². The van der Waals surface area contributed by atoms with Crippen molar-refractivity contribution in [2.45, 2.75) is 12.1 Å². The van der Waals surface area contributed by atoms with Crippen LogP contribution in [0.3, 0.4) is 0 Å². The van der Waals surface area contributed by atoms with E-state index >= 15 is 0 Å². The molecule has 4 aromatic rings. The molecule has 8 heteroatoms. The summed E-state index contributed by atoms with van der Waals surface area (Å²) in [5, 5.41) is 4.80. The molecule has 2 aromatic heterocycles. The number of thiocarbonyl (C=S) groups is 1. The third kappa shape index (κ3) is 3.50. The van der Waals surface area contributed by atoms with Crippen molar-refractivity contribution in [1.82, 2.24) is 14.9 Å². The van der Waals surface area contributed by atoms with Gasteiger partial charge in [-0.2, -0.15) is 0 Å². The predicted octanol–water partition coefficient (Wildman–Crippen LogP) is 5.43. The lowest BCUT2D eigenvalue weighted by molar-refractivity contribution is 0.174. The number of anilines is 1. The molecular formula is C25H19ClN4O2S. The molecule has 6 nitrogen and oxygen atoms in total. The summed E-state index contributed by atoms with van der Waals surface area (Å²) in [5.74, 6) is 1.44. The van der Waals surface area contributed by atoms with Crippen LogP contribution in [0, 0.1) is 0 Å². The first kappa shape index (κ1) is 20.1. The molecule has 0 spiro atoms. The third-order valence-corrected chi connectivity index (χ3v) is 6.45. The highest BCUT2D eigenvalue weighted by molar-refractivity contribution is 7.80. The smallest absolute Gasteiger partial charge is 0.231 e. The van der Waals surface area contributed by atoms with Crippen molar-refractivity contribution in [3.05, 3.63) is 102 Å². The molecule has 0 aliphatic carbocycles. The molecule has 0 amide bonds. The summed E-state index contributed by atoms with van der Waals surface area (Å²) in [5.41, 5.74) is 3.86.